The molecule has 0 radical (unpaired) electrons. The van der Waals surface area contributed by atoms with Gasteiger partial charge in [-0.15, -0.1) is 0 Å². The molecule has 0 unspecified atom stereocenters. The number of hydrogen-bond donors (Lipinski definition) is 4. The van der Waals surface area contributed by atoms with Crippen LogP contribution in [0.1, 0.15) is 59.6 Å². The van der Waals surface area contributed by atoms with Gasteiger partial charge in [0.1, 0.15) is 18.0 Å². The van der Waals surface area contributed by atoms with Crippen molar-refractivity contribution in [1.29, 1.82) is 0 Å². The number of rotatable bonds is 9. The Labute approximate surface area is 236 Å². The average molecular weight is 567 g/mol. The van der Waals surface area contributed by atoms with Crippen molar-refractivity contribution in [3.05, 3.63) is 82.8 Å². The molecule has 1 amide bonds. The van der Waals surface area contributed by atoms with E-state index in [0.717, 1.165) is 23.4 Å². The molecule has 12 heteroatoms. The van der Waals surface area contributed by atoms with Crippen LogP contribution >= 0.6 is 0 Å². The predicted octanol–water partition coefficient (Wildman–Crippen LogP) is 6.39. The number of carbonyl (C=O) groups excluding carboxylic acids is 1. The monoisotopic (exact) mass is 566 g/mol. The fourth-order valence-electron chi connectivity index (χ4n) is 4.33. The third kappa shape index (κ3) is 7.20. The van der Waals surface area contributed by atoms with Crippen molar-refractivity contribution in [2.75, 3.05) is 23.0 Å². The van der Waals surface area contributed by atoms with Gasteiger partial charge in [0.2, 0.25) is 0 Å². The van der Waals surface area contributed by atoms with Gasteiger partial charge < -0.3 is 21.3 Å². The van der Waals surface area contributed by atoms with Gasteiger partial charge in [0.05, 0.1) is 11.3 Å². The Morgan fingerprint density at radius 3 is 2.41 bits per heavy atom. The van der Waals surface area contributed by atoms with Crippen LogP contribution < -0.4 is 21.3 Å². The predicted molar refractivity (Wildman–Crippen MR) is 154 cm³/mol. The van der Waals surface area contributed by atoms with Crippen LogP contribution in [-0.2, 0) is 6.18 Å². The van der Waals surface area contributed by atoms with Gasteiger partial charge in [0.15, 0.2) is 5.82 Å². The molecule has 0 spiro atoms. The summed E-state index contributed by atoms with van der Waals surface area (Å²) in [5.41, 5.74) is 2.13. The molecule has 0 aliphatic carbocycles. The number of aryl methyl sites for hydroxylation is 2. The van der Waals surface area contributed by atoms with E-state index >= 15 is 0 Å². The standard InChI is InChI=1S/C29H33F3N8O/c1-16(2)36-19(5)20-10-21(12-22(11-20)29(30,31)32)28(41)37-23-8-7-17(3)24(13-23)38-27-9-18(4)39-40(27)26-14-25(33-6)34-15-35-26/h7-16,19,36,38H,1-6H3,(H,37,41)(H,33,34,35)/t19-/m0/s1. The SMILES string of the molecule is CNc1cc(-n2nc(C)cc2Nc2cc(NC(=O)c3cc([C@H](C)NC(C)C)cc(C(F)(F)F)c3)ccc2C)ncn1. The maximum absolute atomic E-state index is 13.7. The lowest BCUT2D eigenvalue weighted by atomic mass is 9.99. The van der Waals surface area contributed by atoms with Crippen LogP contribution in [0.2, 0.25) is 0 Å². The highest BCUT2D eigenvalue weighted by molar-refractivity contribution is 6.04. The van der Waals surface area contributed by atoms with Crippen LogP contribution in [0, 0.1) is 13.8 Å². The van der Waals surface area contributed by atoms with Gasteiger partial charge in [-0.1, -0.05) is 19.9 Å². The van der Waals surface area contributed by atoms with Gasteiger partial charge >= 0.3 is 6.18 Å². The van der Waals surface area contributed by atoms with Gasteiger partial charge in [-0.2, -0.15) is 23.0 Å². The van der Waals surface area contributed by atoms with E-state index in [1.54, 1.807) is 36.9 Å². The zero-order chi connectivity index (χ0) is 29.9. The third-order valence-electron chi connectivity index (χ3n) is 6.34. The summed E-state index contributed by atoms with van der Waals surface area (Å²) in [6.45, 7) is 9.33. The summed E-state index contributed by atoms with van der Waals surface area (Å²) in [5, 5.41) is 16.8. The van der Waals surface area contributed by atoms with Crippen LogP contribution in [0.15, 0.2) is 54.9 Å². The van der Waals surface area contributed by atoms with E-state index in [0.29, 0.717) is 34.4 Å². The van der Waals surface area contributed by atoms with E-state index < -0.39 is 17.6 Å². The summed E-state index contributed by atoms with van der Waals surface area (Å²) in [4.78, 5) is 21.6. The highest BCUT2D eigenvalue weighted by atomic mass is 19.4. The number of aromatic nitrogens is 4. The molecule has 2 aromatic carbocycles. The maximum Gasteiger partial charge on any atom is 0.416 e. The largest absolute Gasteiger partial charge is 0.416 e. The topological polar surface area (TPSA) is 109 Å². The molecular formula is C29H33F3N8O. The first-order valence-corrected chi connectivity index (χ1v) is 13.1. The van der Waals surface area contributed by atoms with Crippen LogP contribution in [0.25, 0.3) is 5.82 Å². The summed E-state index contributed by atoms with van der Waals surface area (Å²) in [6, 6.07) is 11.9. The minimum Gasteiger partial charge on any atom is -0.373 e. The lowest BCUT2D eigenvalue weighted by Gasteiger charge is -2.20. The highest BCUT2D eigenvalue weighted by Crippen LogP contribution is 2.33. The van der Waals surface area contributed by atoms with Crippen molar-refractivity contribution in [3.63, 3.8) is 0 Å². The summed E-state index contributed by atoms with van der Waals surface area (Å²) < 4.78 is 42.7. The first-order valence-electron chi connectivity index (χ1n) is 13.1. The number of anilines is 4. The van der Waals surface area contributed by atoms with Gasteiger partial charge in [-0.25, -0.2) is 9.97 Å². The summed E-state index contributed by atoms with van der Waals surface area (Å²) in [5.74, 6) is 1.15. The molecule has 0 fully saturated rings. The first kappa shape index (κ1) is 29.5. The quantitative estimate of drug-likeness (QED) is 0.186. The number of benzene rings is 2. The number of carbonyl (C=O) groups is 1. The number of hydrogen-bond acceptors (Lipinski definition) is 7. The minimum absolute atomic E-state index is 0.0510. The van der Waals surface area contributed by atoms with Gasteiger partial charge in [-0.05, 0) is 62.2 Å². The van der Waals surface area contributed by atoms with Crippen molar-refractivity contribution in [1.82, 2.24) is 25.1 Å². The van der Waals surface area contributed by atoms with Crippen molar-refractivity contribution in [2.45, 2.75) is 52.9 Å². The summed E-state index contributed by atoms with van der Waals surface area (Å²) in [6.07, 6.45) is -3.16. The maximum atomic E-state index is 13.7. The molecule has 2 heterocycles. The molecule has 216 valence electrons. The van der Waals surface area contributed by atoms with Crippen molar-refractivity contribution in [3.8, 4) is 5.82 Å². The van der Waals surface area contributed by atoms with E-state index in [1.165, 1.54) is 12.4 Å². The summed E-state index contributed by atoms with van der Waals surface area (Å²) in [7, 11) is 1.76. The van der Waals surface area contributed by atoms with E-state index in [1.807, 2.05) is 39.8 Å². The molecule has 0 bridgehead atoms. The zero-order valence-electron chi connectivity index (χ0n) is 23.7. The molecule has 4 rings (SSSR count). The lowest BCUT2D eigenvalue weighted by molar-refractivity contribution is -0.137. The van der Waals surface area contributed by atoms with Crippen LogP contribution in [0.4, 0.5) is 36.2 Å². The third-order valence-corrected chi connectivity index (χ3v) is 6.34. The Balaban J connectivity index is 1.62. The Bertz CT molecular complexity index is 1550. The number of nitrogens with zero attached hydrogens (tertiary/aromatic N) is 4. The molecule has 0 aliphatic rings. The fourth-order valence-corrected chi connectivity index (χ4v) is 4.33. The van der Waals surface area contributed by atoms with E-state index in [-0.39, 0.29) is 17.6 Å². The van der Waals surface area contributed by atoms with Crippen LogP contribution in [0.3, 0.4) is 0 Å². The average Bonchev–Trinajstić information content (AvgIpc) is 3.29. The minimum atomic E-state index is -4.59. The number of nitrogens with one attached hydrogen (secondary N) is 4. The van der Waals surface area contributed by atoms with Crippen LogP contribution in [-0.4, -0.2) is 38.7 Å². The van der Waals surface area contributed by atoms with Crippen molar-refractivity contribution >= 4 is 28.9 Å². The Morgan fingerprint density at radius 1 is 0.976 bits per heavy atom. The Kier molecular flexibility index (Phi) is 8.62. The molecule has 9 nitrogen and oxygen atoms in total. The van der Waals surface area contributed by atoms with Crippen LogP contribution in [0.5, 0.6) is 0 Å². The molecule has 0 aliphatic heterocycles. The number of alkyl halides is 3. The smallest absolute Gasteiger partial charge is 0.373 e. The molecule has 4 aromatic rings. The van der Waals surface area contributed by atoms with Gasteiger partial charge in [-0.3, -0.25) is 4.79 Å². The molecule has 4 N–H and O–H groups in total. The summed E-state index contributed by atoms with van der Waals surface area (Å²) >= 11 is 0. The second-order valence-corrected chi connectivity index (χ2v) is 10.1. The molecule has 41 heavy (non-hydrogen) atoms. The molecule has 0 saturated carbocycles. The second-order valence-electron chi connectivity index (χ2n) is 10.1. The molecule has 0 saturated heterocycles. The molecule has 2 aromatic heterocycles. The lowest BCUT2D eigenvalue weighted by Crippen LogP contribution is -2.26. The van der Waals surface area contributed by atoms with E-state index in [4.69, 9.17) is 0 Å². The Hall–Kier alpha value is -4.45. The fraction of sp³-hybridized carbons (Fsp3) is 0.310. The van der Waals surface area contributed by atoms with E-state index in [9.17, 15) is 18.0 Å². The zero-order valence-corrected chi connectivity index (χ0v) is 23.7. The molecule has 1 atom stereocenters. The first-order chi connectivity index (χ1) is 19.3. The van der Waals surface area contributed by atoms with Gasteiger partial charge in [0.25, 0.3) is 5.91 Å². The van der Waals surface area contributed by atoms with E-state index in [2.05, 4.69) is 36.3 Å². The highest BCUT2D eigenvalue weighted by Gasteiger charge is 2.32. The van der Waals surface area contributed by atoms with Crippen molar-refractivity contribution in [2.24, 2.45) is 0 Å². The normalized spacial score (nSPS) is 12.3. The number of halogens is 3. The number of amides is 1. The second kappa shape index (κ2) is 12.0. The molecular weight excluding hydrogens is 533 g/mol. The van der Waals surface area contributed by atoms with Crippen molar-refractivity contribution < 1.29 is 18.0 Å². The van der Waals surface area contributed by atoms with Gasteiger partial charge in [0, 0.05) is 48.2 Å². The Morgan fingerprint density at radius 2 is 1.73 bits per heavy atom.